The Hall–Kier alpha value is -1.65. The number of nitrogens with two attached hydrogens (primary N) is 1. The Labute approximate surface area is 68.7 Å². The van der Waals surface area contributed by atoms with Crippen LogP contribution in [0.3, 0.4) is 0 Å². The summed E-state index contributed by atoms with van der Waals surface area (Å²) in [6.45, 7) is 0.743. The normalized spacial score (nSPS) is 14.3. The zero-order valence-electron chi connectivity index (χ0n) is 6.37. The van der Waals surface area contributed by atoms with Crippen LogP contribution in [0.2, 0.25) is 0 Å². The molecule has 5 nitrogen and oxygen atoms in total. The van der Waals surface area contributed by atoms with E-state index in [1.54, 1.807) is 6.21 Å². The van der Waals surface area contributed by atoms with Crippen LogP contribution in [0.15, 0.2) is 4.99 Å². The van der Waals surface area contributed by atoms with E-state index in [9.17, 15) is 4.79 Å². The molecule has 0 unspecified atom stereocenters. The smallest absolute Gasteiger partial charge is 0.269 e. The third-order valence-electron chi connectivity index (χ3n) is 1.83. The van der Waals surface area contributed by atoms with E-state index < -0.39 is 5.91 Å². The highest BCUT2D eigenvalue weighted by Gasteiger charge is 2.16. The van der Waals surface area contributed by atoms with Gasteiger partial charge in [-0.25, -0.2) is 0 Å². The number of nitrogens with zero attached hydrogens (tertiary/aromatic N) is 2. The fourth-order valence-electron chi connectivity index (χ4n) is 1.24. The second-order valence-corrected chi connectivity index (χ2v) is 2.61. The molecular weight excluding hydrogens is 156 g/mol. The lowest BCUT2D eigenvalue weighted by molar-refractivity contribution is 0.0995. The molecule has 0 bridgehead atoms. The van der Waals surface area contributed by atoms with E-state index in [0.29, 0.717) is 0 Å². The molecule has 62 valence electrons. The maximum absolute atomic E-state index is 10.8. The van der Waals surface area contributed by atoms with Crippen LogP contribution in [0.1, 0.15) is 21.7 Å². The summed E-state index contributed by atoms with van der Waals surface area (Å²) in [6.07, 6.45) is 2.44. The Morgan fingerprint density at radius 2 is 2.50 bits per heavy atom. The SMILES string of the molecule is NC(=O)c1n[nH]c2c1C=NCC2. The number of carbonyl (C=O) groups is 1. The summed E-state index contributed by atoms with van der Waals surface area (Å²) in [5.41, 5.74) is 7.07. The van der Waals surface area contributed by atoms with Gasteiger partial charge < -0.3 is 5.73 Å². The second-order valence-electron chi connectivity index (χ2n) is 2.61. The molecule has 5 heteroatoms. The van der Waals surface area contributed by atoms with Gasteiger partial charge in [-0.3, -0.25) is 14.9 Å². The lowest BCUT2D eigenvalue weighted by Gasteiger charge is -2.02. The summed E-state index contributed by atoms with van der Waals surface area (Å²) >= 11 is 0. The number of aromatic nitrogens is 2. The molecule has 0 saturated heterocycles. The van der Waals surface area contributed by atoms with E-state index in [-0.39, 0.29) is 5.69 Å². The second kappa shape index (κ2) is 2.44. The maximum atomic E-state index is 10.8. The van der Waals surface area contributed by atoms with Gasteiger partial charge in [0.25, 0.3) is 5.91 Å². The number of aliphatic imine (C=N–C) groups is 1. The van der Waals surface area contributed by atoms with Gasteiger partial charge in [0.2, 0.25) is 0 Å². The number of rotatable bonds is 1. The van der Waals surface area contributed by atoms with Gasteiger partial charge in [0, 0.05) is 30.4 Å². The molecule has 3 N–H and O–H groups in total. The lowest BCUT2D eigenvalue weighted by atomic mass is 10.1. The van der Waals surface area contributed by atoms with Gasteiger partial charge in [-0.05, 0) is 0 Å². The van der Waals surface area contributed by atoms with Crippen LogP contribution >= 0.6 is 0 Å². The molecule has 1 aromatic heterocycles. The quantitative estimate of drug-likeness (QED) is 0.585. The summed E-state index contributed by atoms with van der Waals surface area (Å²) in [7, 11) is 0. The first kappa shape index (κ1) is 7.02. The Morgan fingerprint density at radius 1 is 1.67 bits per heavy atom. The van der Waals surface area contributed by atoms with Crippen LogP contribution in [0, 0.1) is 0 Å². The average molecular weight is 164 g/mol. The van der Waals surface area contributed by atoms with Crippen molar-refractivity contribution < 1.29 is 4.79 Å². The van der Waals surface area contributed by atoms with E-state index in [1.807, 2.05) is 0 Å². The van der Waals surface area contributed by atoms with Crippen LogP contribution in [0.25, 0.3) is 0 Å². The summed E-state index contributed by atoms with van der Waals surface area (Å²) in [5, 5.41) is 6.57. The number of aromatic amines is 1. The molecule has 1 aliphatic rings. The zero-order chi connectivity index (χ0) is 8.55. The molecule has 12 heavy (non-hydrogen) atoms. The fourth-order valence-corrected chi connectivity index (χ4v) is 1.24. The zero-order valence-corrected chi connectivity index (χ0v) is 6.37. The molecule has 1 amide bonds. The number of primary amides is 1. The Balaban J connectivity index is 2.54. The van der Waals surface area contributed by atoms with Crippen molar-refractivity contribution in [2.75, 3.05) is 6.54 Å². The van der Waals surface area contributed by atoms with Gasteiger partial charge in [0.1, 0.15) is 0 Å². The van der Waals surface area contributed by atoms with Gasteiger partial charge in [-0.1, -0.05) is 0 Å². The molecule has 2 rings (SSSR count). The third kappa shape index (κ3) is 0.903. The number of amides is 1. The van der Waals surface area contributed by atoms with Gasteiger partial charge in [0.05, 0.1) is 0 Å². The van der Waals surface area contributed by atoms with Crippen LogP contribution in [0.5, 0.6) is 0 Å². The van der Waals surface area contributed by atoms with Crippen molar-refractivity contribution in [1.82, 2.24) is 10.2 Å². The highest BCUT2D eigenvalue weighted by Crippen LogP contribution is 2.12. The highest BCUT2D eigenvalue weighted by atomic mass is 16.1. The standard InChI is InChI=1S/C7H8N4O/c8-7(12)6-4-3-9-2-1-5(4)10-11-6/h3H,1-2H2,(H2,8,12)(H,10,11). The van der Waals surface area contributed by atoms with E-state index in [1.165, 1.54) is 0 Å². The van der Waals surface area contributed by atoms with Gasteiger partial charge >= 0.3 is 0 Å². The highest BCUT2D eigenvalue weighted by molar-refractivity contribution is 6.00. The fraction of sp³-hybridized carbons (Fsp3) is 0.286. The van der Waals surface area contributed by atoms with Crippen LogP contribution < -0.4 is 5.73 Å². The minimum absolute atomic E-state index is 0.286. The first-order valence-corrected chi connectivity index (χ1v) is 3.66. The molecule has 1 aliphatic heterocycles. The first-order valence-electron chi connectivity index (χ1n) is 3.66. The number of hydrogen-bond acceptors (Lipinski definition) is 3. The van der Waals surface area contributed by atoms with Crippen molar-refractivity contribution in [2.45, 2.75) is 6.42 Å². The maximum Gasteiger partial charge on any atom is 0.269 e. The molecule has 0 fully saturated rings. The van der Waals surface area contributed by atoms with E-state index in [4.69, 9.17) is 5.73 Å². The molecule has 0 aliphatic carbocycles. The van der Waals surface area contributed by atoms with E-state index in [2.05, 4.69) is 15.2 Å². The first-order chi connectivity index (χ1) is 5.79. The monoisotopic (exact) mass is 164 g/mol. The Bertz CT molecular complexity index is 352. The van der Waals surface area contributed by atoms with Crippen LogP contribution in [-0.4, -0.2) is 28.9 Å². The predicted octanol–water partition coefficient (Wildman–Crippen LogP) is -0.516. The minimum Gasteiger partial charge on any atom is -0.364 e. The molecule has 0 spiro atoms. The molecule has 2 heterocycles. The lowest BCUT2D eigenvalue weighted by Crippen LogP contribution is -2.14. The molecule has 0 atom stereocenters. The van der Waals surface area contributed by atoms with Gasteiger partial charge in [-0.2, -0.15) is 5.10 Å². The molecule has 0 saturated carbocycles. The van der Waals surface area contributed by atoms with Crippen molar-refractivity contribution >= 4 is 12.1 Å². The minimum atomic E-state index is -0.513. The van der Waals surface area contributed by atoms with E-state index >= 15 is 0 Å². The summed E-state index contributed by atoms with van der Waals surface area (Å²) in [4.78, 5) is 14.9. The van der Waals surface area contributed by atoms with Crippen molar-refractivity contribution in [3.05, 3.63) is 17.0 Å². The predicted molar refractivity (Wildman–Crippen MR) is 43.3 cm³/mol. The van der Waals surface area contributed by atoms with Crippen molar-refractivity contribution in [1.29, 1.82) is 0 Å². The Kier molecular flexibility index (Phi) is 1.43. The number of nitrogens with one attached hydrogen (secondary N) is 1. The average Bonchev–Trinajstić information content (AvgIpc) is 2.47. The van der Waals surface area contributed by atoms with Crippen LogP contribution in [0.4, 0.5) is 0 Å². The molecule has 1 aromatic rings. The van der Waals surface area contributed by atoms with Crippen molar-refractivity contribution in [3.8, 4) is 0 Å². The van der Waals surface area contributed by atoms with Crippen molar-refractivity contribution in [2.24, 2.45) is 10.7 Å². The Morgan fingerprint density at radius 3 is 3.25 bits per heavy atom. The summed E-state index contributed by atoms with van der Waals surface area (Å²) < 4.78 is 0. The number of carbonyl (C=O) groups excluding carboxylic acids is 1. The van der Waals surface area contributed by atoms with Gasteiger partial charge in [0.15, 0.2) is 5.69 Å². The topological polar surface area (TPSA) is 84.1 Å². The number of H-pyrrole nitrogens is 1. The third-order valence-corrected chi connectivity index (χ3v) is 1.83. The molecule has 0 aromatic carbocycles. The van der Waals surface area contributed by atoms with Crippen molar-refractivity contribution in [3.63, 3.8) is 0 Å². The largest absolute Gasteiger partial charge is 0.364 e. The molecule has 0 radical (unpaired) electrons. The number of fused-ring (bicyclic) bond motifs is 1. The van der Waals surface area contributed by atoms with E-state index in [0.717, 1.165) is 24.2 Å². The molecular formula is C7H8N4O. The summed E-state index contributed by atoms with van der Waals surface area (Å²) in [6, 6.07) is 0. The number of hydrogen-bond donors (Lipinski definition) is 2. The van der Waals surface area contributed by atoms with Crippen LogP contribution in [-0.2, 0) is 6.42 Å². The summed E-state index contributed by atoms with van der Waals surface area (Å²) in [5.74, 6) is -0.513. The van der Waals surface area contributed by atoms with Gasteiger partial charge in [-0.15, -0.1) is 0 Å².